The highest BCUT2D eigenvalue weighted by Crippen LogP contribution is 2.15. The van der Waals surface area contributed by atoms with Crippen LogP contribution in [0.3, 0.4) is 0 Å². The molecule has 0 bridgehead atoms. The molecule has 0 spiro atoms. The van der Waals surface area contributed by atoms with Gasteiger partial charge in [-0.05, 0) is 30.2 Å². The summed E-state index contributed by atoms with van der Waals surface area (Å²) in [5, 5.41) is 2.86. The standard InChI is InChI=1S/C19H25F2N3O3/c1-2-9-22-17(25)14-23-10-12-24(13-11-23)18(26)8-5-15-3-6-16(7-4-15)27-19(20)21/h3-8,19H,2,9-14H2,1H3,(H,22,25)/p+1/b8-5+. The molecule has 0 saturated carbocycles. The highest BCUT2D eigenvalue weighted by atomic mass is 19.3. The number of piperazine rings is 1. The van der Waals surface area contributed by atoms with Gasteiger partial charge in [-0.15, -0.1) is 0 Å². The van der Waals surface area contributed by atoms with Gasteiger partial charge in [-0.25, -0.2) is 0 Å². The minimum atomic E-state index is -2.86. The summed E-state index contributed by atoms with van der Waals surface area (Å²) in [5.41, 5.74) is 0.724. The Morgan fingerprint density at radius 1 is 1.26 bits per heavy atom. The monoisotopic (exact) mass is 382 g/mol. The largest absolute Gasteiger partial charge is 0.435 e. The van der Waals surface area contributed by atoms with E-state index in [-0.39, 0.29) is 17.6 Å². The van der Waals surface area contributed by atoms with E-state index in [4.69, 9.17) is 0 Å². The number of carbonyl (C=O) groups is 2. The van der Waals surface area contributed by atoms with E-state index in [1.165, 1.54) is 23.1 Å². The number of amides is 2. The Hall–Kier alpha value is -2.48. The molecular formula is C19H26F2N3O3+. The first-order chi connectivity index (χ1) is 13.0. The summed E-state index contributed by atoms with van der Waals surface area (Å²) in [7, 11) is 0. The Morgan fingerprint density at radius 2 is 1.93 bits per heavy atom. The molecule has 0 radical (unpaired) electrons. The second kappa shape index (κ2) is 10.6. The zero-order chi connectivity index (χ0) is 19.6. The minimum absolute atomic E-state index is 0.0470. The zero-order valence-corrected chi connectivity index (χ0v) is 15.4. The van der Waals surface area contributed by atoms with Gasteiger partial charge in [-0.1, -0.05) is 19.1 Å². The lowest BCUT2D eigenvalue weighted by atomic mass is 10.2. The second-order valence-corrected chi connectivity index (χ2v) is 6.38. The molecule has 0 aromatic heterocycles. The van der Waals surface area contributed by atoms with Gasteiger partial charge in [0.25, 0.3) is 5.91 Å². The number of rotatable bonds is 8. The molecule has 0 atom stereocenters. The van der Waals surface area contributed by atoms with Crippen LogP contribution >= 0.6 is 0 Å². The molecule has 27 heavy (non-hydrogen) atoms. The van der Waals surface area contributed by atoms with Gasteiger partial charge in [0.15, 0.2) is 6.54 Å². The van der Waals surface area contributed by atoms with Gasteiger partial charge in [0.05, 0.1) is 26.2 Å². The van der Waals surface area contributed by atoms with Gasteiger partial charge in [0, 0.05) is 12.6 Å². The molecule has 6 nitrogen and oxygen atoms in total. The van der Waals surface area contributed by atoms with E-state index < -0.39 is 6.61 Å². The number of quaternary nitrogens is 1. The van der Waals surface area contributed by atoms with Crippen molar-refractivity contribution in [3.05, 3.63) is 35.9 Å². The number of carbonyl (C=O) groups excluding carboxylic acids is 2. The maximum absolute atomic E-state index is 12.3. The first-order valence-corrected chi connectivity index (χ1v) is 9.10. The van der Waals surface area contributed by atoms with Gasteiger partial charge in [-0.3, -0.25) is 9.59 Å². The third-order valence-electron chi connectivity index (χ3n) is 4.29. The summed E-state index contributed by atoms with van der Waals surface area (Å²) in [6.07, 6.45) is 4.03. The van der Waals surface area contributed by atoms with Crippen molar-refractivity contribution in [1.29, 1.82) is 0 Å². The Morgan fingerprint density at radius 3 is 2.52 bits per heavy atom. The van der Waals surface area contributed by atoms with Crippen LogP contribution in [0.15, 0.2) is 30.3 Å². The van der Waals surface area contributed by atoms with E-state index in [1.807, 2.05) is 6.92 Å². The number of nitrogens with one attached hydrogen (secondary N) is 2. The molecule has 2 amide bonds. The van der Waals surface area contributed by atoms with Gasteiger partial charge < -0.3 is 19.9 Å². The van der Waals surface area contributed by atoms with Gasteiger partial charge in [0.1, 0.15) is 5.75 Å². The third kappa shape index (κ3) is 7.34. The smallest absolute Gasteiger partial charge is 0.387 e. The third-order valence-corrected chi connectivity index (χ3v) is 4.29. The van der Waals surface area contributed by atoms with Crippen LogP contribution in [-0.2, 0) is 9.59 Å². The number of hydrogen-bond acceptors (Lipinski definition) is 3. The lowest BCUT2D eigenvalue weighted by Gasteiger charge is -2.31. The van der Waals surface area contributed by atoms with Crippen LogP contribution in [0.2, 0.25) is 0 Å². The van der Waals surface area contributed by atoms with E-state index in [0.29, 0.717) is 26.2 Å². The Bertz CT molecular complexity index is 642. The summed E-state index contributed by atoms with van der Waals surface area (Å²) in [4.78, 5) is 27.0. The minimum Gasteiger partial charge on any atom is -0.435 e. The summed E-state index contributed by atoms with van der Waals surface area (Å²) in [5.74, 6) is 0.0266. The fourth-order valence-corrected chi connectivity index (χ4v) is 2.81. The number of halogens is 2. The molecular weight excluding hydrogens is 356 g/mol. The van der Waals surface area contributed by atoms with E-state index in [0.717, 1.165) is 25.1 Å². The van der Waals surface area contributed by atoms with E-state index >= 15 is 0 Å². The highest BCUT2D eigenvalue weighted by molar-refractivity contribution is 5.91. The van der Waals surface area contributed by atoms with Crippen molar-refractivity contribution in [3.8, 4) is 5.75 Å². The molecule has 0 aliphatic carbocycles. The predicted octanol–water partition coefficient (Wildman–Crippen LogP) is 0.555. The Balaban J connectivity index is 1.77. The molecule has 2 N–H and O–H groups in total. The van der Waals surface area contributed by atoms with Crippen molar-refractivity contribution in [3.63, 3.8) is 0 Å². The maximum atomic E-state index is 12.3. The molecule has 1 heterocycles. The molecule has 1 aromatic rings. The van der Waals surface area contributed by atoms with Crippen LogP contribution in [0.1, 0.15) is 18.9 Å². The highest BCUT2D eigenvalue weighted by Gasteiger charge is 2.23. The number of alkyl halides is 2. The molecule has 1 fully saturated rings. The molecule has 0 unspecified atom stereocenters. The SMILES string of the molecule is CCCNC(=O)C[NH+]1CCN(C(=O)/C=C/c2ccc(OC(F)F)cc2)CC1. The summed E-state index contributed by atoms with van der Waals surface area (Å²) < 4.78 is 28.5. The molecule has 1 aromatic carbocycles. The molecule has 1 saturated heterocycles. The van der Waals surface area contributed by atoms with Gasteiger partial charge in [0.2, 0.25) is 5.91 Å². The molecule has 2 rings (SSSR count). The molecule has 148 valence electrons. The van der Waals surface area contributed by atoms with E-state index in [1.54, 1.807) is 23.1 Å². The fourth-order valence-electron chi connectivity index (χ4n) is 2.81. The number of hydrogen-bond donors (Lipinski definition) is 2. The van der Waals surface area contributed by atoms with Crippen molar-refractivity contribution in [2.24, 2.45) is 0 Å². The summed E-state index contributed by atoms with van der Waals surface area (Å²) in [6.45, 7) is 2.95. The van der Waals surface area contributed by atoms with E-state index in [2.05, 4.69) is 10.1 Å². The van der Waals surface area contributed by atoms with Crippen LogP contribution in [0.5, 0.6) is 5.75 Å². The normalized spacial score (nSPS) is 15.3. The van der Waals surface area contributed by atoms with E-state index in [9.17, 15) is 18.4 Å². The fraction of sp³-hybridized carbons (Fsp3) is 0.474. The number of benzene rings is 1. The van der Waals surface area contributed by atoms with Crippen molar-refractivity contribution >= 4 is 17.9 Å². The van der Waals surface area contributed by atoms with Crippen LogP contribution < -0.4 is 15.0 Å². The van der Waals surface area contributed by atoms with Crippen molar-refractivity contribution in [1.82, 2.24) is 10.2 Å². The zero-order valence-electron chi connectivity index (χ0n) is 15.4. The van der Waals surface area contributed by atoms with Crippen LogP contribution in [0.4, 0.5) is 8.78 Å². The van der Waals surface area contributed by atoms with Crippen LogP contribution in [-0.4, -0.2) is 62.6 Å². The Kier molecular flexibility index (Phi) is 8.19. The lowest BCUT2D eigenvalue weighted by Crippen LogP contribution is -3.15. The average molecular weight is 382 g/mol. The average Bonchev–Trinajstić information content (AvgIpc) is 2.65. The predicted molar refractivity (Wildman–Crippen MR) is 97.6 cm³/mol. The lowest BCUT2D eigenvalue weighted by molar-refractivity contribution is -0.896. The van der Waals surface area contributed by atoms with Crippen LogP contribution in [0, 0.1) is 0 Å². The van der Waals surface area contributed by atoms with Gasteiger partial charge in [-0.2, -0.15) is 8.78 Å². The topological polar surface area (TPSA) is 63.1 Å². The van der Waals surface area contributed by atoms with Crippen molar-refractivity contribution in [2.75, 3.05) is 39.3 Å². The molecule has 1 aliphatic heterocycles. The maximum Gasteiger partial charge on any atom is 0.387 e. The first kappa shape index (κ1) is 20.8. The first-order valence-electron chi connectivity index (χ1n) is 9.10. The molecule has 1 aliphatic rings. The summed E-state index contributed by atoms with van der Waals surface area (Å²) in [6, 6.07) is 6.08. The van der Waals surface area contributed by atoms with Gasteiger partial charge >= 0.3 is 6.61 Å². The van der Waals surface area contributed by atoms with Crippen molar-refractivity contribution < 1.29 is 28.0 Å². The van der Waals surface area contributed by atoms with Crippen molar-refractivity contribution in [2.45, 2.75) is 20.0 Å². The molecule has 8 heteroatoms. The Labute approximate surface area is 157 Å². The van der Waals surface area contributed by atoms with Crippen LogP contribution in [0.25, 0.3) is 6.08 Å². The number of nitrogens with zero attached hydrogens (tertiary/aromatic N) is 1. The second-order valence-electron chi connectivity index (χ2n) is 6.38. The summed E-state index contributed by atoms with van der Waals surface area (Å²) >= 11 is 0. The quantitative estimate of drug-likeness (QED) is 0.646. The number of ether oxygens (including phenoxy) is 1.